The van der Waals surface area contributed by atoms with Gasteiger partial charge in [-0.25, -0.2) is 4.52 Å². The molecular formula is C20H22N6O. The van der Waals surface area contributed by atoms with Crippen molar-refractivity contribution in [2.24, 2.45) is 5.92 Å². The Morgan fingerprint density at radius 3 is 2.96 bits per heavy atom. The summed E-state index contributed by atoms with van der Waals surface area (Å²) in [6.07, 6.45) is 3.91. The average molecular weight is 362 g/mol. The largest absolute Gasteiger partial charge is 0.397 e. The molecule has 0 bridgehead atoms. The fourth-order valence-electron chi connectivity index (χ4n) is 3.78. The first-order valence-electron chi connectivity index (χ1n) is 9.18. The van der Waals surface area contributed by atoms with E-state index in [2.05, 4.69) is 17.9 Å². The number of nitriles is 1. The van der Waals surface area contributed by atoms with Crippen LogP contribution in [0.4, 0.5) is 11.6 Å². The van der Waals surface area contributed by atoms with Crippen LogP contribution in [0.3, 0.4) is 0 Å². The van der Waals surface area contributed by atoms with Crippen LogP contribution < -0.4 is 16.2 Å². The lowest BCUT2D eigenvalue weighted by molar-refractivity contribution is 0.434. The fraction of sp³-hybridized carbons (Fsp3) is 0.350. The Bertz CT molecular complexity index is 1090. The second kappa shape index (κ2) is 6.80. The summed E-state index contributed by atoms with van der Waals surface area (Å²) in [7, 11) is 0. The monoisotopic (exact) mass is 362 g/mol. The summed E-state index contributed by atoms with van der Waals surface area (Å²) >= 11 is 0. The summed E-state index contributed by atoms with van der Waals surface area (Å²) in [5, 5.41) is 14.1. The molecule has 7 heteroatoms. The van der Waals surface area contributed by atoms with Crippen LogP contribution in [0.2, 0.25) is 0 Å². The molecule has 4 rings (SSSR count). The maximum atomic E-state index is 13.2. The van der Waals surface area contributed by atoms with Gasteiger partial charge in [0.05, 0.1) is 30.1 Å². The third-order valence-corrected chi connectivity index (χ3v) is 5.13. The van der Waals surface area contributed by atoms with Crippen molar-refractivity contribution in [1.82, 2.24) is 14.2 Å². The van der Waals surface area contributed by atoms with Crippen LogP contribution in [0.1, 0.15) is 30.9 Å². The highest BCUT2D eigenvalue weighted by atomic mass is 16.1. The fourth-order valence-corrected chi connectivity index (χ4v) is 3.78. The molecule has 138 valence electrons. The second-order valence-electron chi connectivity index (χ2n) is 7.26. The molecule has 3 heterocycles. The maximum absolute atomic E-state index is 13.2. The molecule has 1 aromatic carbocycles. The van der Waals surface area contributed by atoms with Crippen molar-refractivity contribution in [2.45, 2.75) is 26.3 Å². The van der Waals surface area contributed by atoms with E-state index in [4.69, 9.17) is 10.8 Å². The topological polar surface area (TPSA) is 92.3 Å². The molecule has 0 aliphatic carbocycles. The number of nitrogens with zero attached hydrogens (tertiary/aromatic N) is 5. The zero-order chi connectivity index (χ0) is 19.0. The van der Waals surface area contributed by atoms with E-state index < -0.39 is 0 Å². The quantitative estimate of drug-likeness (QED) is 0.771. The summed E-state index contributed by atoms with van der Waals surface area (Å²) in [6.45, 7) is 4.23. The van der Waals surface area contributed by atoms with Crippen molar-refractivity contribution in [3.63, 3.8) is 0 Å². The van der Waals surface area contributed by atoms with Gasteiger partial charge in [-0.3, -0.25) is 9.36 Å². The van der Waals surface area contributed by atoms with E-state index in [0.717, 1.165) is 25.1 Å². The number of piperidine rings is 1. The molecule has 1 aliphatic rings. The Morgan fingerprint density at radius 1 is 1.37 bits per heavy atom. The van der Waals surface area contributed by atoms with Crippen molar-refractivity contribution < 1.29 is 0 Å². The molecule has 3 aromatic rings. The first-order chi connectivity index (χ1) is 13.1. The molecule has 0 amide bonds. The van der Waals surface area contributed by atoms with Gasteiger partial charge in [-0.15, -0.1) is 5.10 Å². The van der Waals surface area contributed by atoms with E-state index in [-0.39, 0.29) is 5.56 Å². The number of anilines is 2. The van der Waals surface area contributed by atoms with Gasteiger partial charge in [0.1, 0.15) is 5.52 Å². The number of rotatable bonds is 3. The van der Waals surface area contributed by atoms with Crippen LogP contribution in [-0.2, 0) is 6.54 Å². The number of nitrogens with two attached hydrogens (primary N) is 1. The molecule has 2 N–H and O–H groups in total. The van der Waals surface area contributed by atoms with Crippen LogP contribution in [0.15, 0.2) is 41.3 Å². The molecule has 0 saturated carbocycles. The van der Waals surface area contributed by atoms with Crippen LogP contribution in [0.25, 0.3) is 5.52 Å². The van der Waals surface area contributed by atoms with Crippen molar-refractivity contribution in [2.75, 3.05) is 23.7 Å². The predicted molar refractivity (Wildman–Crippen MR) is 105 cm³/mol. The van der Waals surface area contributed by atoms with Crippen LogP contribution in [-0.4, -0.2) is 27.3 Å². The van der Waals surface area contributed by atoms with E-state index in [1.54, 1.807) is 27.4 Å². The lowest BCUT2D eigenvalue weighted by atomic mass is 10.0. The number of hydrogen-bond donors (Lipinski definition) is 1. The molecule has 0 spiro atoms. The zero-order valence-corrected chi connectivity index (χ0v) is 15.3. The van der Waals surface area contributed by atoms with Gasteiger partial charge in [0.15, 0.2) is 0 Å². The Labute approximate surface area is 157 Å². The number of aromatic nitrogens is 3. The maximum Gasteiger partial charge on any atom is 0.279 e. The Morgan fingerprint density at radius 2 is 2.19 bits per heavy atom. The standard InChI is InChI=1S/C20H22N6O/c1-14-5-4-8-24(11-14)20-23-26-13-17(22)9-18(26)19(27)25(20)12-16-7-3-2-6-15(16)10-21/h2-3,6-7,9,13-14H,4-5,8,11-12,22H2,1H3/t14-/m1/s1. The molecule has 1 aliphatic heterocycles. The zero-order valence-electron chi connectivity index (χ0n) is 15.3. The molecule has 27 heavy (non-hydrogen) atoms. The Hall–Kier alpha value is -3.27. The minimum Gasteiger partial charge on any atom is -0.397 e. The molecule has 2 aromatic heterocycles. The number of hydrogen-bond acceptors (Lipinski definition) is 5. The van der Waals surface area contributed by atoms with Gasteiger partial charge in [0.25, 0.3) is 5.56 Å². The minimum absolute atomic E-state index is 0.150. The summed E-state index contributed by atoms with van der Waals surface area (Å²) in [5.41, 5.74) is 8.06. The number of nitrogen functional groups attached to an aromatic ring is 1. The van der Waals surface area contributed by atoms with E-state index in [1.165, 1.54) is 6.42 Å². The highest BCUT2D eigenvalue weighted by Crippen LogP contribution is 2.22. The molecule has 7 nitrogen and oxygen atoms in total. The molecule has 1 saturated heterocycles. The average Bonchev–Trinajstić information content (AvgIpc) is 3.05. The van der Waals surface area contributed by atoms with Gasteiger partial charge in [0, 0.05) is 13.1 Å². The highest BCUT2D eigenvalue weighted by molar-refractivity contribution is 5.58. The lowest BCUT2D eigenvalue weighted by Gasteiger charge is -2.33. The third-order valence-electron chi connectivity index (χ3n) is 5.13. The molecule has 1 fully saturated rings. The van der Waals surface area contributed by atoms with Gasteiger partial charge >= 0.3 is 0 Å². The van der Waals surface area contributed by atoms with Crippen LogP contribution >= 0.6 is 0 Å². The SMILES string of the molecule is C[C@@H]1CCCN(c2nn3cc(N)cc3c(=O)n2Cc2ccccc2C#N)C1. The molecule has 0 radical (unpaired) electrons. The minimum atomic E-state index is -0.150. The highest BCUT2D eigenvalue weighted by Gasteiger charge is 2.23. The molecular weight excluding hydrogens is 340 g/mol. The van der Waals surface area contributed by atoms with Crippen LogP contribution in [0, 0.1) is 17.2 Å². The summed E-state index contributed by atoms with van der Waals surface area (Å²) in [4.78, 5) is 15.4. The first-order valence-corrected chi connectivity index (χ1v) is 9.18. The Balaban J connectivity index is 1.88. The number of benzene rings is 1. The van der Waals surface area contributed by atoms with Gasteiger partial charge < -0.3 is 10.6 Å². The third kappa shape index (κ3) is 3.14. The van der Waals surface area contributed by atoms with Gasteiger partial charge in [-0.1, -0.05) is 25.1 Å². The smallest absolute Gasteiger partial charge is 0.279 e. The van der Waals surface area contributed by atoms with Crippen molar-refractivity contribution >= 4 is 17.2 Å². The van der Waals surface area contributed by atoms with E-state index in [0.29, 0.717) is 35.2 Å². The summed E-state index contributed by atoms with van der Waals surface area (Å²) in [5.74, 6) is 1.17. The van der Waals surface area contributed by atoms with Gasteiger partial charge in [-0.2, -0.15) is 5.26 Å². The predicted octanol–water partition coefficient (Wildman–Crippen LogP) is 2.23. The normalized spacial score (nSPS) is 17.2. The summed E-state index contributed by atoms with van der Waals surface area (Å²) < 4.78 is 3.24. The van der Waals surface area contributed by atoms with E-state index in [9.17, 15) is 10.1 Å². The van der Waals surface area contributed by atoms with E-state index in [1.807, 2.05) is 18.2 Å². The van der Waals surface area contributed by atoms with Gasteiger partial charge in [0.2, 0.25) is 5.95 Å². The first kappa shape index (κ1) is 17.2. The van der Waals surface area contributed by atoms with Crippen LogP contribution in [0.5, 0.6) is 0 Å². The second-order valence-corrected chi connectivity index (χ2v) is 7.26. The van der Waals surface area contributed by atoms with Crippen molar-refractivity contribution in [3.8, 4) is 6.07 Å². The van der Waals surface area contributed by atoms with Crippen molar-refractivity contribution in [1.29, 1.82) is 5.26 Å². The van der Waals surface area contributed by atoms with Crippen molar-refractivity contribution in [3.05, 3.63) is 58.0 Å². The lowest BCUT2D eigenvalue weighted by Crippen LogP contribution is -2.40. The number of fused-ring (bicyclic) bond motifs is 1. The molecule has 1 atom stereocenters. The molecule has 0 unspecified atom stereocenters. The van der Waals surface area contributed by atoms with Gasteiger partial charge in [-0.05, 0) is 36.5 Å². The summed E-state index contributed by atoms with van der Waals surface area (Å²) in [6, 6.07) is 11.2. The Kier molecular flexibility index (Phi) is 4.32. The van der Waals surface area contributed by atoms with E-state index >= 15 is 0 Å².